The molecule has 1 aromatic carbocycles. The molecule has 3 N–H and O–H groups in total. The van der Waals surface area contributed by atoms with Crippen LogP contribution in [0, 0.1) is 0 Å². The van der Waals surface area contributed by atoms with Crippen LogP contribution in [0.15, 0.2) is 24.3 Å². The third-order valence-corrected chi connectivity index (χ3v) is 2.23. The number of hydrogen-bond acceptors (Lipinski definition) is 3. The third-order valence-electron chi connectivity index (χ3n) is 2.23. The molecule has 1 atom stereocenters. The molecular formula is C11H15NO3. The molecule has 4 heteroatoms. The number of ether oxygens (including phenoxy) is 1. The lowest BCUT2D eigenvalue weighted by molar-refractivity contribution is -0.118. The van der Waals surface area contributed by atoms with Gasteiger partial charge in [0, 0.05) is 12.3 Å². The Morgan fingerprint density at radius 3 is 2.87 bits per heavy atom. The molecule has 0 aliphatic rings. The molecule has 0 saturated heterocycles. The molecule has 82 valence electrons. The van der Waals surface area contributed by atoms with Gasteiger partial charge in [0.1, 0.15) is 5.75 Å². The molecule has 0 aliphatic carbocycles. The summed E-state index contributed by atoms with van der Waals surface area (Å²) < 4.78 is 5.06. The molecule has 15 heavy (non-hydrogen) atoms. The Hall–Kier alpha value is -1.55. The van der Waals surface area contributed by atoms with E-state index in [0.717, 1.165) is 5.56 Å². The summed E-state index contributed by atoms with van der Waals surface area (Å²) in [5.41, 5.74) is 5.95. The zero-order valence-corrected chi connectivity index (χ0v) is 8.64. The smallest absolute Gasteiger partial charge is 0.218 e. The fraction of sp³-hybridized carbons (Fsp3) is 0.364. The topological polar surface area (TPSA) is 72.6 Å². The summed E-state index contributed by atoms with van der Waals surface area (Å²) in [5, 5.41) is 9.14. The van der Waals surface area contributed by atoms with Crippen LogP contribution in [0.4, 0.5) is 0 Å². The van der Waals surface area contributed by atoms with Crippen LogP contribution in [-0.4, -0.2) is 24.7 Å². The van der Waals surface area contributed by atoms with Crippen LogP contribution in [0.5, 0.6) is 5.75 Å². The highest BCUT2D eigenvalue weighted by Crippen LogP contribution is 2.22. The van der Waals surface area contributed by atoms with Crippen molar-refractivity contribution in [3.05, 3.63) is 29.8 Å². The molecule has 0 fully saturated rings. The number of carbonyl (C=O) groups is 1. The van der Waals surface area contributed by atoms with E-state index in [0.29, 0.717) is 5.75 Å². The molecule has 1 rings (SSSR count). The van der Waals surface area contributed by atoms with E-state index in [2.05, 4.69) is 0 Å². The highest BCUT2D eigenvalue weighted by atomic mass is 16.5. The van der Waals surface area contributed by atoms with E-state index in [-0.39, 0.29) is 18.9 Å². The van der Waals surface area contributed by atoms with Gasteiger partial charge in [-0.3, -0.25) is 4.79 Å². The maximum Gasteiger partial charge on any atom is 0.218 e. The number of methoxy groups -OCH3 is 1. The molecule has 1 aromatic rings. The largest absolute Gasteiger partial charge is 0.497 e. The normalized spacial score (nSPS) is 12.1. The number of rotatable bonds is 5. The van der Waals surface area contributed by atoms with Gasteiger partial charge in [0.15, 0.2) is 0 Å². The van der Waals surface area contributed by atoms with Gasteiger partial charge in [-0.25, -0.2) is 0 Å². The number of amides is 1. The lowest BCUT2D eigenvalue weighted by Gasteiger charge is -2.13. The first-order chi connectivity index (χ1) is 7.17. The summed E-state index contributed by atoms with van der Waals surface area (Å²) in [5.74, 6) is 0.0323. The van der Waals surface area contributed by atoms with Gasteiger partial charge < -0.3 is 15.6 Å². The van der Waals surface area contributed by atoms with Gasteiger partial charge in [0.05, 0.1) is 13.7 Å². The molecule has 0 saturated carbocycles. The van der Waals surface area contributed by atoms with E-state index in [1.165, 1.54) is 0 Å². The highest BCUT2D eigenvalue weighted by molar-refractivity contribution is 5.74. The van der Waals surface area contributed by atoms with Crippen molar-refractivity contribution < 1.29 is 14.6 Å². The molecule has 0 radical (unpaired) electrons. The molecular weight excluding hydrogens is 194 g/mol. The quantitative estimate of drug-likeness (QED) is 0.747. The highest BCUT2D eigenvalue weighted by Gasteiger charge is 2.13. The lowest BCUT2D eigenvalue weighted by Crippen LogP contribution is -2.17. The van der Waals surface area contributed by atoms with E-state index in [1.54, 1.807) is 13.2 Å². The van der Waals surface area contributed by atoms with E-state index >= 15 is 0 Å². The Labute approximate surface area is 88.7 Å². The Morgan fingerprint density at radius 2 is 2.33 bits per heavy atom. The second-order valence-electron chi connectivity index (χ2n) is 3.33. The first kappa shape index (κ1) is 11.5. The molecule has 0 aromatic heterocycles. The van der Waals surface area contributed by atoms with Gasteiger partial charge in [-0.2, -0.15) is 0 Å². The summed E-state index contributed by atoms with van der Waals surface area (Å²) in [7, 11) is 1.57. The van der Waals surface area contributed by atoms with Gasteiger partial charge in [0.2, 0.25) is 5.91 Å². The molecule has 0 bridgehead atoms. The summed E-state index contributed by atoms with van der Waals surface area (Å²) in [6.07, 6.45) is 0.143. The number of hydrogen-bond donors (Lipinski definition) is 2. The maximum absolute atomic E-state index is 10.8. The predicted octanol–water partition coefficient (Wildman–Crippen LogP) is 0.646. The van der Waals surface area contributed by atoms with Crippen molar-refractivity contribution in [2.45, 2.75) is 12.3 Å². The van der Waals surface area contributed by atoms with Crippen molar-refractivity contribution in [3.63, 3.8) is 0 Å². The minimum atomic E-state index is -0.420. The van der Waals surface area contributed by atoms with Crippen LogP contribution >= 0.6 is 0 Å². The fourth-order valence-electron chi connectivity index (χ4n) is 1.43. The van der Waals surface area contributed by atoms with Crippen molar-refractivity contribution in [1.29, 1.82) is 0 Å². The minimum absolute atomic E-state index is 0.101. The van der Waals surface area contributed by atoms with Gasteiger partial charge >= 0.3 is 0 Å². The van der Waals surface area contributed by atoms with Crippen molar-refractivity contribution in [2.24, 2.45) is 5.73 Å². The molecule has 0 aliphatic heterocycles. The number of carbonyl (C=O) groups excluding carboxylic acids is 1. The third kappa shape index (κ3) is 3.25. The first-order valence-corrected chi connectivity index (χ1v) is 4.70. The predicted molar refractivity (Wildman–Crippen MR) is 56.6 cm³/mol. The SMILES string of the molecule is COc1cccc([C@H](CO)CC(N)=O)c1. The average Bonchev–Trinajstić information content (AvgIpc) is 2.25. The van der Waals surface area contributed by atoms with E-state index in [9.17, 15) is 4.79 Å². The lowest BCUT2D eigenvalue weighted by atomic mass is 9.96. The van der Waals surface area contributed by atoms with E-state index in [4.69, 9.17) is 15.6 Å². The minimum Gasteiger partial charge on any atom is -0.497 e. The van der Waals surface area contributed by atoms with Gasteiger partial charge in [-0.05, 0) is 17.7 Å². The van der Waals surface area contributed by atoms with Crippen LogP contribution in [0.25, 0.3) is 0 Å². The summed E-state index contributed by atoms with van der Waals surface area (Å²) in [6, 6.07) is 7.26. The zero-order chi connectivity index (χ0) is 11.3. The van der Waals surface area contributed by atoms with Crippen LogP contribution in [0.1, 0.15) is 17.9 Å². The van der Waals surface area contributed by atoms with Crippen LogP contribution < -0.4 is 10.5 Å². The van der Waals surface area contributed by atoms with Gasteiger partial charge in [0.25, 0.3) is 0 Å². The van der Waals surface area contributed by atoms with Crippen molar-refractivity contribution in [2.75, 3.05) is 13.7 Å². The molecule has 4 nitrogen and oxygen atoms in total. The van der Waals surface area contributed by atoms with Crippen LogP contribution in [-0.2, 0) is 4.79 Å². The maximum atomic E-state index is 10.8. The van der Waals surface area contributed by atoms with Gasteiger partial charge in [-0.1, -0.05) is 12.1 Å². The fourth-order valence-corrected chi connectivity index (χ4v) is 1.43. The van der Waals surface area contributed by atoms with Crippen molar-refractivity contribution >= 4 is 5.91 Å². The second-order valence-corrected chi connectivity index (χ2v) is 3.33. The molecule has 0 spiro atoms. The molecule has 0 unspecified atom stereocenters. The summed E-state index contributed by atoms with van der Waals surface area (Å²) in [6.45, 7) is -0.101. The van der Waals surface area contributed by atoms with Gasteiger partial charge in [-0.15, -0.1) is 0 Å². The monoisotopic (exact) mass is 209 g/mol. The average molecular weight is 209 g/mol. The Morgan fingerprint density at radius 1 is 1.60 bits per heavy atom. The standard InChI is InChI=1S/C11H15NO3/c1-15-10-4-2-3-8(5-10)9(7-13)6-11(12)14/h2-5,9,13H,6-7H2,1H3,(H2,12,14)/t9-/m0/s1. The number of aliphatic hydroxyl groups is 1. The zero-order valence-electron chi connectivity index (χ0n) is 8.64. The van der Waals surface area contributed by atoms with Crippen molar-refractivity contribution in [1.82, 2.24) is 0 Å². The van der Waals surface area contributed by atoms with E-state index in [1.807, 2.05) is 18.2 Å². The Bertz CT molecular complexity index is 338. The summed E-state index contributed by atoms with van der Waals surface area (Å²) in [4.78, 5) is 10.8. The van der Waals surface area contributed by atoms with Crippen LogP contribution in [0.2, 0.25) is 0 Å². The summed E-state index contributed by atoms with van der Waals surface area (Å²) >= 11 is 0. The number of benzene rings is 1. The van der Waals surface area contributed by atoms with Crippen molar-refractivity contribution in [3.8, 4) is 5.75 Å². The number of primary amides is 1. The molecule has 1 amide bonds. The second kappa shape index (κ2) is 5.36. The Kier molecular flexibility index (Phi) is 4.12. The number of nitrogens with two attached hydrogens (primary N) is 1. The van der Waals surface area contributed by atoms with E-state index < -0.39 is 5.91 Å². The molecule has 0 heterocycles. The number of aliphatic hydroxyl groups excluding tert-OH is 1. The first-order valence-electron chi connectivity index (χ1n) is 4.70. The van der Waals surface area contributed by atoms with Crippen LogP contribution in [0.3, 0.4) is 0 Å². The Balaban J connectivity index is 2.85.